The van der Waals surface area contributed by atoms with Crippen LogP contribution in [0.3, 0.4) is 0 Å². The third-order valence-corrected chi connectivity index (χ3v) is 8.14. The van der Waals surface area contributed by atoms with Crippen molar-refractivity contribution in [3.8, 4) is 11.5 Å². The summed E-state index contributed by atoms with van der Waals surface area (Å²) >= 11 is 0. The van der Waals surface area contributed by atoms with Crippen LogP contribution in [0.4, 0.5) is 0 Å². The van der Waals surface area contributed by atoms with Gasteiger partial charge in [0.2, 0.25) is 15.9 Å². The lowest BCUT2D eigenvalue weighted by Crippen LogP contribution is -2.48. The summed E-state index contributed by atoms with van der Waals surface area (Å²) in [4.78, 5) is 12.9. The number of carbonyl (C=O) groups is 1. The second-order valence-corrected chi connectivity index (χ2v) is 10.5. The van der Waals surface area contributed by atoms with Gasteiger partial charge in [-0.15, -0.1) is 0 Å². The molecule has 1 saturated carbocycles. The molecule has 1 aliphatic heterocycles. The molecule has 32 heavy (non-hydrogen) atoms. The summed E-state index contributed by atoms with van der Waals surface area (Å²) in [6.45, 7) is 0.532. The van der Waals surface area contributed by atoms with E-state index in [-0.39, 0.29) is 41.2 Å². The quantitative estimate of drug-likeness (QED) is 0.693. The maximum Gasteiger partial charge on any atom is 0.246 e. The highest BCUT2D eigenvalue weighted by molar-refractivity contribution is 7.89. The molecule has 0 bridgehead atoms. The maximum atomic E-state index is 13.5. The SMILES string of the molecule is O=C(N[C@H]1CC[C@H](O)CC1)[C@H]1CCCN(S(=O)(=O)c2ccccc2Oc2ccccc2)C1. The molecule has 2 fully saturated rings. The lowest BCUT2D eigenvalue weighted by Gasteiger charge is -2.33. The molecule has 2 aromatic rings. The Balaban J connectivity index is 1.46. The predicted octanol–water partition coefficient (Wildman–Crippen LogP) is 3.30. The second-order valence-electron chi connectivity index (χ2n) is 8.58. The fraction of sp³-hybridized carbons (Fsp3) is 0.458. The summed E-state index contributed by atoms with van der Waals surface area (Å²) < 4.78 is 34.2. The largest absolute Gasteiger partial charge is 0.456 e. The third kappa shape index (κ3) is 5.31. The first-order chi connectivity index (χ1) is 15.4. The molecular formula is C24H30N2O5S. The molecule has 0 spiro atoms. The number of hydrogen-bond acceptors (Lipinski definition) is 5. The number of aliphatic hydroxyl groups is 1. The minimum Gasteiger partial charge on any atom is -0.456 e. The van der Waals surface area contributed by atoms with Gasteiger partial charge in [-0.1, -0.05) is 30.3 Å². The van der Waals surface area contributed by atoms with E-state index in [9.17, 15) is 18.3 Å². The molecule has 0 aromatic heterocycles. The molecule has 1 heterocycles. The van der Waals surface area contributed by atoms with Crippen molar-refractivity contribution in [2.75, 3.05) is 13.1 Å². The molecule has 8 heteroatoms. The molecule has 0 radical (unpaired) electrons. The molecule has 2 N–H and O–H groups in total. The van der Waals surface area contributed by atoms with Gasteiger partial charge in [-0.2, -0.15) is 4.31 Å². The smallest absolute Gasteiger partial charge is 0.246 e. The highest BCUT2D eigenvalue weighted by atomic mass is 32.2. The number of sulfonamides is 1. The Morgan fingerprint density at radius 3 is 2.41 bits per heavy atom. The summed E-state index contributed by atoms with van der Waals surface area (Å²) in [5.74, 6) is 0.349. The first kappa shape index (κ1) is 22.8. The van der Waals surface area contributed by atoms with Crippen LogP contribution in [0.5, 0.6) is 11.5 Å². The number of amides is 1. The third-order valence-electron chi connectivity index (χ3n) is 6.24. The van der Waals surface area contributed by atoms with Crippen molar-refractivity contribution in [3.63, 3.8) is 0 Å². The molecule has 1 atom stereocenters. The van der Waals surface area contributed by atoms with Crippen LogP contribution in [0.25, 0.3) is 0 Å². The monoisotopic (exact) mass is 458 g/mol. The number of rotatable bonds is 6. The Morgan fingerprint density at radius 2 is 1.66 bits per heavy atom. The normalized spacial score (nSPS) is 24.6. The number of hydrogen-bond donors (Lipinski definition) is 2. The Bertz CT molecular complexity index is 1020. The molecule has 2 aromatic carbocycles. The first-order valence-electron chi connectivity index (χ1n) is 11.2. The van der Waals surface area contributed by atoms with Gasteiger partial charge in [0, 0.05) is 19.1 Å². The molecule has 1 saturated heterocycles. The first-order valence-corrected chi connectivity index (χ1v) is 12.7. The van der Waals surface area contributed by atoms with Crippen molar-refractivity contribution in [2.45, 2.75) is 55.6 Å². The van der Waals surface area contributed by atoms with Gasteiger partial charge in [0.1, 0.15) is 16.4 Å². The number of para-hydroxylation sites is 2. The summed E-state index contributed by atoms with van der Waals surface area (Å²) in [6, 6.07) is 15.7. The van der Waals surface area contributed by atoms with Gasteiger partial charge in [-0.05, 0) is 62.8 Å². The Morgan fingerprint density at radius 1 is 0.969 bits per heavy atom. The van der Waals surface area contributed by atoms with E-state index in [0.717, 1.165) is 12.8 Å². The van der Waals surface area contributed by atoms with Crippen LogP contribution in [-0.2, 0) is 14.8 Å². The van der Waals surface area contributed by atoms with E-state index >= 15 is 0 Å². The molecule has 2 aliphatic rings. The molecule has 1 aliphatic carbocycles. The molecule has 4 rings (SSSR count). The molecule has 0 unspecified atom stereocenters. The fourth-order valence-electron chi connectivity index (χ4n) is 4.42. The van der Waals surface area contributed by atoms with Gasteiger partial charge in [-0.3, -0.25) is 4.79 Å². The van der Waals surface area contributed by atoms with E-state index in [1.807, 2.05) is 18.2 Å². The zero-order chi connectivity index (χ0) is 22.6. The number of benzene rings is 2. The van der Waals surface area contributed by atoms with E-state index in [0.29, 0.717) is 38.0 Å². The topological polar surface area (TPSA) is 95.9 Å². The number of nitrogens with one attached hydrogen (secondary N) is 1. The van der Waals surface area contributed by atoms with Gasteiger partial charge >= 0.3 is 0 Å². The van der Waals surface area contributed by atoms with Crippen LogP contribution in [-0.4, -0.2) is 49.0 Å². The van der Waals surface area contributed by atoms with Crippen molar-refractivity contribution < 1.29 is 23.1 Å². The predicted molar refractivity (Wildman–Crippen MR) is 121 cm³/mol. The minimum atomic E-state index is -3.82. The maximum absolute atomic E-state index is 13.5. The zero-order valence-electron chi connectivity index (χ0n) is 18.0. The number of carbonyl (C=O) groups excluding carboxylic acids is 1. The van der Waals surface area contributed by atoms with E-state index in [1.54, 1.807) is 36.4 Å². The Kier molecular flexibility index (Phi) is 7.13. The number of ether oxygens (including phenoxy) is 1. The van der Waals surface area contributed by atoms with Crippen LogP contribution in [0.2, 0.25) is 0 Å². The highest BCUT2D eigenvalue weighted by Crippen LogP contribution is 2.32. The number of piperidine rings is 1. The zero-order valence-corrected chi connectivity index (χ0v) is 18.8. The van der Waals surface area contributed by atoms with Crippen molar-refractivity contribution >= 4 is 15.9 Å². The summed E-state index contributed by atoms with van der Waals surface area (Å²) in [5.41, 5.74) is 0. The average Bonchev–Trinajstić information content (AvgIpc) is 2.81. The van der Waals surface area contributed by atoms with Gasteiger partial charge in [0.05, 0.1) is 12.0 Å². The van der Waals surface area contributed by atoms with Crippen LogP contribution < -0.4 is 10.1 Å². The van der Waals surface area contributed by atoms with Crippen LogP contribution in [0.15, 0.2) is 59.5 Å². The van der Waals surface area contributed by atoms with Crippen LogP contribution in [0.1, 0.15) is 38.5 Å². The van der Waals surface area contributed by atoms with Crippen LogP contribution >= 0.6 is 0 Å². The molecule has 172 valence electrons. The highest BCUT2D eigenvalue weighted by Gasteiger charge is 2.35. The minimum absolute atomic E-state index is 0.0536. The average molecular weight is 459 g/mol. The van der Waals surface area contributed by atoms with Gasteiger partial charge in [0.15, 0.2) is 0 Å². The standard InChI is InChI=1S/C24H30N2O5S/c27-20-14-12-19(13-15-20)25-24(28)18-7-6-16-26(17-18)32(29,30)23-11-5-4-10-22(23)31-21-8-2-1-3-9-21/h1-5,8-11,18-20,27H,6-7,12-17H2,(H,25,28)/t18-,19-,20-/m0/s1. The van der Waals surface area contributed by atoms with Crippen LogP contribution in [0, 0.1) is 5.92 Å². The van der Waals surface area contributed by atoms with E-state index in [2.05, 4.69) is 5.32 Å². The van der Waals surface area contributed by atoms with E-state index in [4.69, 9.17) is 4.74 Å². The summed E-state index contributed by atoms with van der Waals surface area (Å²) in [7, 11) is -3.82. The number of aliphatic hydroxyl groups excluding tert-OH is 1. The van der Waals surface area contributed by atoms with Gasteiger partial charge in [-0.25, -0.2) is 8.42 Å². The number of nitrogens with zero attached hydrogens (tertiary/aromatic N) is 1. The molecule has 7 nitrogen and oxygen atoms in total. The molecule has 1 amide bonds. The lowest BCUT2D eigenvalue weighted by molar-refractivity contribution is -0.127. The van der Waals surface area contributed by atoms with Crippen molar-refractivity contribution in [3.05, 3.63) is 54.6 Å². The second kappa shape index (κ2) is 10.0. The van der Waals surface area contributed by atoms with Crippen molar-refractivity contribution in [1.29, 1.82) is 0 Å². The lowest BCUT2D eigenvalue weighted by atomic mass is 9.92. The fourth-order valence-corrected chi connectivity index (χ4v) is 6.05. The molecular weight excluding hydrogens is 428 g/mol. The summed E-state index contributed by atoms with van der Waals surface area (Å²) in [6.07, 6.45) is 3.90. The van der Waals surface area contributed by atoms with E-state index in [1.165, 1.54) is 4.31 Å². The van der Waals surface area contributed by atoms with Crippen molar-refractivity contribution in [1.82, 2.24) is 9.62 Å². The van der Waals surface area contributed by atoms with Gasteiger partial charge < -0.3 is 15.2 Å². The summed E-state index contributed by atoms with van der Waals surface area (Å²) in [5, 5.41) is 12.7. The van der Waals surface area contributed by atoms with E-state index < -0.39 is 10.0 Å². The Hall–Kier alpha value is -2.42. The Labute approximate surface area is 189 Å². The van der Waals surface area contributed by atoms with Crippen molar-refractivity contribution in [2.24, 2.45) is 5.92 Å². The van der Waals surface area contributed by atoms with Gasteiger partial charge in [0.25, 0.3) is 0 Å².